The van der Waals surface area contributed by atoms with Crippen molar-refractivity contribution < 1.29 is 0 Å². The summed E-state index contributed by atoms with van der Waals surface area (Å²) in [6.07, 6.45) is 1.94. The molecule has 1 aromatic rings. The van der Waals surface area contributed by atoms with Gasteiger partial charge in [-0.3, -0.25) is 0 Å². The number of nitriles is 1. The maximum atomic E-state index is 8.68. The SMILES string of the molecule is N#Cc1ccc(CCCCl)cc1Br. The predicted molar refractivity (Wildman–Crippen MR) is 57.9 cm³/mol. The molecule has 1 rings (SSSR count). The highest BCUT2D eigenvalue weighted by molar-refractivity contribution is 9.10. The van der Waals surface area contributed by atoms with Crippen LogP contribution in [-0.4, -0.2) is 5.88 Å². The summed E-state index contributed by atoms with van der Waals surface area (Å²) in [5, 5.41) is 8.68. The van der Waals surface area contributed by atoms with Gasteiger partial charge in [-0.15, -0.1) is 11.6 Å². The van der Waals surface area contributed by atoms with Gasteiger partial charge in [-0.1, -0.05) is 6.07 Å². The van der Waals surface area contributed by atoms with Crippen LogP contribution in [0.3, 0.4) is 0 Å². The fourth-order valence-electron chi connectivity index (χ4n) is 1.08. The Morgan fingerprint density at radius 1 is 1.46 bits per heavy atom. The van der Waals surface area contributed by atoms with E-state index in [1.807, 2.05) is 18.2 Å². The quantitative estimate of drug-likeness (QED) is 0.761. The molecule has 0 spiro atoms. The molecular formula is C10H9BrClN. The molecular weight excluding hydrogens is 249 g/mol. The van der Waals surface area contributed by atoms with E-state index in [2.05, 4.69) is 22.0 Å². The molecule has 0 bridgehead atoms. The third-order valence-electron chi connectivity index (χ3n) is 1.75. The first-order chi connectivity index (χ1) is 6.27. The second-order valence-electron chi connectivity index (χ2n) is 2.72. The second-order valence-corrected chi connectivity index (χ2v) is 3.95. The molecule has 0 aromatic heterocycles. The van der Waals surface area contributed by atoms with Crippen molar-refractivity contribution in [2.45, 2.75) is 12.8 Å². The zero-order chi connectivity index (χ0) is 9.68. The molecule has 13 heavy (non-hydrogen) atoms. The Morgan fingerprint density at radius 3 is 2.77 bits per heavy atom. The first kappa shape index (κ1) is 10.6. The third-order valence-corrected chi connectivity index (χ3v) is 2.68. The van der Waals surface area contributed by atoms with Crippen LogP contribution >= 0.6 is 27.5 Å². The van der Waals surface area contributed by atoms with Crippen molar-refractivity contribution in [3.05, 3.63) is 33.8 Å². The van der Waals surface area contributed by atoms with Gasteiger partial charge in [-0.2, -0.15) is 5.26 Å². The lowest BCUT2D eigenvalue weighted by atomic mass is 10.1. The Morgan fingerprint density at radius 2 is 2.23 bits per heavy atom. The maximum absolute atomic E-state index is 8.68. The molecule has 0 aliphatic heterocycles. The lowest BCUT2D eigenvalue weighted by Crippen LogP contribution is -1.87. The zero-order valence-corrected chi connectivity index (χ0v) is 9.40. The van der Waals surface area contributed by atoms with E-state index in [0.29, 0.717) is 11.4 Å². The average molecular weight is 259 g/mol. The van der Waals surface area contributed by atoms with Crippen molar-refractivity contribution >= 4 is 27.5 Å². The van der Waals surface area contributed by atoms with Crippen LogP contribution in [0.1, 0.15) is 17.5 Å². The van der Waals surface area contributed by atoms with Crippen molar-refractivity contribution in [1.29, 1.82) is 5.26 Å². The van der Waals surface area contributed by atoms with E-state index < -0.39 is 0 Å². The number of alkyl halides is 1. The van der Waals surface area contributed by atoms with Crippen LogP contribution in [0.4, 0.5) is 0 Å². The summed E-state index contributed by atoms with van der Waals surface area (Å²) >= 11 is 8.93. The minimum Gasteiger partial charge on any atom is -0.192 e. The van der Waals surface area contributed by atoms with Crippen LogP contribution in [0.25, 0.3) is 0 Å². The molecule has 0 N–H and O–H groups in total. The fourth-order valence-corrected chi connectivity index (χ4v) is 1.72. The van der Waals surface area contributed by atoms with Gasteiger partial charge in [0.05, 0.1) is 5.56 Å². The molecule has 1 aromatic carbocycles. The van der Waals surface area contributed by atoms with Crippen molar-refractivity contribution in [1.82, 2.24) is 0 Å². The first-order valence-electron chi connectivity index (χ1n) is 4.02. The molecule has 3 heteroatoms. The largest absolute Gasteiger partial charge is 0.192 e. The summed E-state index contributed by atoms with van der Waals surface area (Å²) in [5.74, 6) is 0.678. The van der Waals surface area contributed by atoms with E-state index in [1.54, 1.807) is 0 Å². The molecule has 0 aliphatic carbocycles. The third kappa shape index (κ3) is 3.02. The summed E-state index contributed by atoms with van der Waals surface area (Å²) in [7, 11) is 0. The van der Waals surface area contributed by atoms with E-state index in [1.165, 1.54) is 5.56 Å². The fraction of sp³-hybridized carbons (Fsp3) is 0.300. The Hall–Kier alpha value is -0.520. The molecule has 0 unspecified atom stereocenters. The number of aryl methyl sites for hydroxylation is 1. The predicted octanol–water partition coefficient (Wildman–Crippen LogP) is 3.49. The van der Waals surface area contributed by atoms with E-state index in [0.717, 1.165) is 17.3 Å². The zero-order valence-electron chi connectivity index (χ0n) is 7.06. The highest BCUT2D eigenvalue weighted by atomic mass is 79.9. The molecule has 68 valence electrons. The summed E-state index contributed by atoms with van der Waals surface area (Å²) < 4.78 is 0.863. The molecule has 0 saturated heterocycles. The van der Waals surface area contributed by atoms with Crippen LogP contribution in [-0.2, 0) is 6.42 Å². The minimum atomic E-state index is 0.676. The van der Waals surface area contributed by atoms with E-state index in [4.69, 9.17) is 16.9 Å². The van der Waals surface area contributed by atoms with E-state index in [-0.39, 0.29) is 0 Å². The molecule has 0 heterocycles. The second kappa shape index (κ2) is 5.26. The molecule has 1 nitrogen and oxygen atoms in total. The summed E-state index contributed by atoms with van der Waals surface area (Å²) in [6, 6.07) is 7.88. The van der Waals surface area contributed by atoms with Gasteiger partial charge in [-0.05, 0) is 46.5 Å². The summed E-state index contributed by atoms with van der Waals surface area (Å²) in [4.78, 5) is 0. The van der Waals surface area contributed by atoms with Gasteiger partial charge in [-0.25, -0.2) is 0 Å². The van der Waals surface area contributed by atoms with Gasteiger partial charge in [0, 0.05) is 10.4 Å². The number of hydrogen-bond acceptors (Lipinski definition) is 1. The van der Waals surface area contributed by atoms with E-state index in [9.17, 15) is 0 Å². The van der Waals surface area contributed by atoms with Crippen molar-refractivity contribution in [3.63, 3.8) is 0 Å². The van der Waals surface area contributed by atoms with Crippen LogP contribution in [0, 0.1) is 11.3 Å². The van der Waals surface area contributed by atoms with Crippen molar-refractivity contribution in [2.75, 3.05) is 5.88 Å². The summed E-state index contributed by atoms with van der Waals surface area (Å²) in [5.41, 5.74) is 1.89. The van der Waals surface area contributed by atoms with Crippen LogP contribution in [0.15, 0.2) is 22.7 Å². The van der Waals surface area contributed by atoms with Gasteiger partial charge in [0.1, 0.15) is 6.07 Å². The number of nitrogens with zero attached hydrogens (tertiary/aromatic N) is 1. The molecule has 0 atom stereocenters. The van der Waals surface area contributed by atoms with Crippen molar-refractivity contribution in [3.8, 4) is 6.07 Å². The Labute approximate surface area is 91.5 Å². The van der Waals surface area contributed by atoms with Gasteiger partial charge < -0.3 is 0 Å². The average Bonchev–Trinajstić information content (AvgIpc) is 2.15. The highest BCUT2D eigenvalue weighted by Crippen LogP contribution is 2.18. The first-order valence-corrected chi connectivity index (χ1v) is 5.35. The number of benzene rings is 1. The normalized spacial score (nSPS) is 9.62. The monoisotopic (exact) mass is 257 g/mol. The molecule has 0 saturated carbocycles. The smallest absolute Gasteiger partial charge is 0.100 e. The number of hydrogen-bond donors (Lipinski definition) is 0. The van der Waals surface area contributed by atoms with Crippen LogP contribution in [0.5, 0.6) is 0 Å². The molecule has 0 amide bonds. The van der Waals surface area contributed by atoms with Gasteiger partial charge >= 0.3 is 0 Å². The van der Waals surface area contributed by atoms with Gasteiger partial charge in [0.25, 0.3) is 0 Å². The number of halogens is 2. The Kier molecular flexibility index (Phi) is 4.27. The minimum absolute atomic E-state index is 0.676. The Balaban J connectivity index is 2.79. The van der Waals surface area contributed by atoms with Crippen LogP contribution in [0.2, 0.25) is 0 Å². The molecule has 0 fully saturated rings. The topological polar surface area (TPSA) is 23.8 Å². The lowest BCUT2D eigenvalue weighted by molar-refractivity contribution is 0.927. The lowest BCUT2D eigenvalue weighted by Gasteiger charge is -2.00. The Bertz CT molecular complexity index is 330. The number of rotatable bonds is 3. The van der Waals surface area contributed by atoms with Gasteiger partial charge in [0.15, 0.2) is 0 Å². The van der Waals surface area contributed by atoms with Gasteiger partial charge in [0.2, 0.25) is 0 Å². The highest BCUT2D eigenvalue weighted by Gasteiger charge is 1.99. The molecule has 0 radical (unpaired) electrons. The summed E-state index contributed by atoms with van der Waals surface area (Å²) in [6.45, 7) is 0. The van der Waals surface area contributed by atoms with Crippen LogP contribution < -0.4 is 0 Å². The molecule has 0 aliphatic rings. The standard InChI is InChI=1S/C10H9BrClN/c11-10-6-8(2-1-5-12)3-4-9(10)7-13/h3-4,6H,1-2,5H2. The van der Waals surface area contributed by atoms with Crippen molar-refractivity contribution in [2.24, 2.45) is 0 Å². The maximum Gasteiger partial charge on any atom is 0.100 e. The van der Waals surface area contributed by atoms with E-state index >= 15 is 0 Å².